The molecule has 1 unspecified atom stereocenters. The monoisotopic (exact) mass is 273 g/mol. The van der Waals surface area contributed by atoms with E-state index in [1.165, 1.54) is 5.56 Å². The number of aromatic nitrogens is 2. The molecule has 0 bridgehead atoms. The van der Waals surface area contributed by atoms with Crippen molar-refractivity contribution in [1.82, 2.24) is 15.1 Å². The highest BCUT2D eigenvalue weighted by molar-refractivity contribution is 5.36. The molecule has 0 aliphatic heterocycles. The summed E-state index contributed by atoms with van der Waals surface area (Å²) in [4.78, 5) is 0. The quantitative estimate of drug-likeness (QED) is 0.842. The van der Waals surface area contributed by atoms with Gasteiger partial charge in [-0.1, -0.05) is 32.0 Å². The average molecular weight is 273 g/mol. The fourth-order valence-corrected chi connectivity index (χ4v) is 2.31. The van der Waals surface area contributed by atoms with Gasteiger partial charge in [-0.25, -0.2) is 0 Å². The Morgan fingerprint density at radius 2 is 2.05 bits per heavy atom. The van der Waals surface area contributed by atoms with Crippen molar-refractivity contribution in [1.29, 1.82) is 0 Å². The first-order chi connectivity index (χ1) is 9.74. The second-order valence-electron chi connectivity index (χ2n) is 4.83. The Bertz CT molecular complexity index is 536. The van der Waals surface area contributed by atoms with Crippen molar-refractivity contribution in [2.45, 2.75) is 32.9 Å². The lowest BCUT2D eigenvalue weighted by molar-refractivity contribution is 0.293. The van der Waals surface area contributed by atoms with E-state index in [4.69, 9.17) is 4.74 Å². The predicted molar refractivity (Wildman–Crippen MR) is 80.7 cm³/mol. The van der Waals surface area contributed by atoms with E-state index in [0.29, 0.717) is 12.6 Å². The zero-order chi connectivity index (χ0) is 14.4. The maximum Gasteiger partial charge on any atom is 0.132 e. The summed E-state index contributed by atoms with van der Waals surface area (Å²) in [6, 6.07) is 10.5. The maximum absolute atomic E-state index is 5.95. The number of ether oxygens (including phenoxy) is 1. The van der Waals surface area contributed by atoms with Gasteiger partial charge in [0.2, 0.25) is 0 Å². The minimum atomic E-state index is 0.333. The lowest BCUT2D eigenvalue weighted by Crippen LogP contribution is -2.20. The number of hydrogen-bond donors (Lipinski definition) is 1. The molecule has 0 spiro atoms. The number of hydrogen-bond acceptors (Lipinski definition) is 3. The molecule has 2 rings (SSSR count). The van der Waals surface area contributed by atoms with Gasteiger partial charge in [0.05, 0.1) is 5.69 Å². The van der Waals surface area contributed by atoms with Crippen molar-refractivity contribution >= 4 is 0 Å². The van der Waals surface area contributed by atoms with E-state index in [-0.39, 0.29) is 0 Å². The Kier molecular flexibility index (Phi) is 5.18. The summed E-state index contributed by atoms with van der Waals surface area (Å²) < 4.78 is 7.74. The molecule has 0 saturated heterocycles. The molecule has 1 aromatic carbocycles. The first-order valence-electron chi connectivity index (χ1n) is 7.18. The third-order valence-electron chi connectivity index (χ3n) is 3.30. The SMILES string of the molecule is CCNC(CC)c1ccccc1OCc1ccn(C)n1. The van der Waals surface area contributed by atoms with Crippen LogP contribution in [0.15, 0.2) is 36.5 Å². The van der Waals surface area contributed by atoms with Crippen LogP contribution >= 0.6 is 0 Å². The first kappa shape index (κ1) is 14.6. The highest BCUT2D eigenvalue weighted by atomic mass is 16.5. The summed E-state index contributed by atoms with van der Waals surface area (Å²) in [6.07, 6.45) is 2.97. The first-order valence-corrected chi connectivity index (χ1v) is 7.18. The lowest BCUT2D eigenvalue weighted by atomic mass is 10.0. The standard InChI is InChI=1S/C16H23N3O/c1-4-15(17-5-2)14-8-6-7-9-16(14)20-12-13-10-11-19(3)18-13/h6-11,15,17H,4-5,12H2,1-3H3. The number of rotatable bonds is 7. The van der Waals surface area contributed by atoms with Gasteiger partial charge in [-0.05, 0) is 25.1 Å². The summed E-state index contributed by atoms with van der Waals surface area (Å²) >= 11 is 0. The van der Waals surface area contributed by atoms with Gasteiger partial charge in [-0.3, -0.25) is 4.68 Å². The van der Waals surface area contributed by atoms with Gasteiger partial charge in [0.1, 0.15) is 12.4 Å². The van der Waals surface area contributed by atoms with Crippen molar-refractivity contribution in [2.75, 3.05) is 6.54 Å². The largest absolute Gasteiger partial charge is 0.487 e. The molecule has 1 aromatic heterocycles. The normalized spacial score (nSPS) is 12.3. The third-order valence-corrected chi connectivity index (χ3v) is 3.30. The van der Waals surface area contributed by atoms with Crippen molar-refractivity contribution in [3.8, 4) is 5.75 Å². The Labute approximate surface area is 120 Å². The van der Waals surface area contributed by atoms with Gasteiger partial charge in [-0.2, -0.15) is 5.10 Å². The molecule has 108 valence electrons. The Morgan fingerprint density at radius 1 is 1.25 bits per heavy atom. The maximum atomic E-state index is 5.95. The number of nitrogens with zero attached hydrogens (tertiary/aromatic N) is 2. The van der Waals surface area contributed by atoms with Crippen LogP contribution in [-0.4, -0.2) is 16.3 Å². The van der Waals surface area contributed by atoms with E-state index in [1.807, 2.05) is 31.4 Å². The number of nitrogens with one attached hydrogen (secondary N) is 1. The molecule has 1 heterocycles. The van der Waals surface area contributed by atoms with E-state index in [2.05, 4.69) is 36.4 Å². The average Bonchev–Trinajstić information content (AvgIpc) is 2.89. The van der Waals surface area contributed by atoms with Crippen molar-refractivity contribution < 1.29 is 4.74 Å². The van der Waals surface area contributed by atoms with Gasteiger partial charge in [0.25, 0.3) is 0 Å². The summed E-state index contributed by atoms with van der Waals surface area (Å²) in [5.74, 6) is 0.936. The van der Waals surface area contributed by atoms with Gasteiger partial charge in [0, 0.05) is 24.8 Å². The second-order valence-corrected chi connectivity index (χ2v) is 4.83. The molecule has 0 radical (unpaired) electrons. The summed E-state index contributed by atoms with van der Waals surface area (Å²) in [6.45, 7) is 5.76. The molecule has 2 aromatic rings. The molecule has 4 nitrogen and oxygen atoms in total. The molecular formula is C16H23N3O. The fraction of sp³-hybridized carbons (Fsp3) is 0.438. The highest BCUT2D eigenvalue weighted by Crippen LogP contribution is 2.27. The topological polar surface area (TPSA) is 39.1 Å². The Hall–Kier alpha value is -1.81. The molecule has 0 aliphatic carbocycles. The molecule has 0 fully saturated rings. The van der Waals surface area contributed by atoms with Crippen molar-refractivity contribution in [3.63, 3.8) is 0 Å². The van der Waals surface area contributed by atoms with Crippen molar-refractivity contribution in [2.24, 2.45) is 7.05 Å². The minimum absolute atomic E-state index is 0.333. The summed E-state index contributed by atoms with van der Waals surface area (Å²) in [5, 5.41) is 7.82. The van der Waals surface area contributed by atoms with Gasteiger partial charge in [-0.15, -0.1) is 0 Å². The van der Waals surface area contributed by atoms with Crippen LogP contribution in [0.4, 0.5) is 0 Å². The number of para-hydroxylation sites is 1. The zero-order valence-corrected chi connectivity index (χ0v) is 12.5. The molecule has 1 N–H and O–H groups in total. The summed E-state index contributed by atoms with van der Waals surface area (Å²) in [5.41, 5.74) is 2.16. The van der Waals surface area contributed by atoms with Crippen LogP contribution in [0.5, 0.6) is 5.75 Å². The molecular weight excluding hydrogens is 250 g/mol. The van der Waals surface area contributed by atoms with Crippen LogP contribution in [0.2, 0.25) is 0 Å². The fourth-order valence-electron chi connectivity index (χ4n) is 2.31. The Morgan fingerprint density at radius 3 is 2.70 bits per heavy atom. The van der Waals surface area contributed by atoms with Gasteiger partial charge < -0.3 is 10.1 Å². The molecule has 0 aliphatic rings. The predicted octanol–water partition coefficient (Wildman–Crippen LogP) is 3.06. The molecule has 0 amide bonds. The lowest BCUT2D eigenvalue weighted by Gasteiger charge is -2.19. The molecule has 1 atom stereocenters. The van der Waals surface area contributed by atoms with Crippen LogP contribution in [0, 0.1) is 0 Å². The van der Waals surface area contributed by atoms with Gasteiger partial charge >= 0.3 is 0 Å². The minimum Gasteiger partial charge on any atom is -0.487 e. The number of benzene rings is 1. The van der Waals surface area contributed by atoms with Crippen LogP contribution in [0.25, 0.3) is 0 Å². The van der Waals surface area contributed by atoms with E-state index >= 15 is 0 Å². The van der Waals surface area contributed by atoms with E-state index in [9.17, 15) is 0 Å². The Balaban J connectivity index is 2.10. The molecule has 0 saturated carbocycles. The van der Waals surface area contributed by atoms with Crippen LogP contribution in [-0.2, 0) is 13.7 Å². The van der Waals surface area contributed by atoms with Crippen LogP contribution in [0.1, 0.15) is 37.6 Å². The second kappa shape index (κ2) is 7.10. The van der Waals surface area contributed by atoms with E-state index < -0.39 is 0 Å². The van der Waals surface area contributed by atoms with E-state index in [1.54, 1.807) is 4.68 Å². The molecule has 20 heavy (non-hydrogen) atoms. The highest BCUT2D eigenvalue weighted by Gasteiger charge is 2.13. The summed E-state index contributed by atoms with van der Waals surface area (Å²) in [7, 11) is 1.91. The smallest absolute Gasteiger partial charge is 0.132 e. The van der Waals surface area contributed by atoms with Gasteiger partial charge in [0.15, 0.2) is 0 Å². The zero-order valence-electron chi connectivity index (χ0n) is 12.5. The molecule has 4 heteroatoms. The van der Waals surface area contributed by atoms with Crippen LogP contribution in [0.3, 0.4) is 0 Å². The van der Waals surface area contributed by atoms with Crippen molar-refractivity contribution in [3.05, 3.63) is 47.8 Å². The van der Waals surface area contributed by atoms with E-state index in [0.717, 1.165) is 24.4 Å². The third kappa shape index (κ3) is 3.61. The van der Waals surface area contributed by atoms with Crippen LogP contribution < -0.4 is 10.1 Å². The number of aryl methyl sites for hydroxylation is 1.